The summed E-state index contributed by atoms with van der Waals surface area (Å²) in [6, 6.07) is 20.7. The Kier molecular flexibility index (Phi) is 4.29. The van der Waals surface area contributed by atoms with Crippen LogP contribution >= 0.6 is 0 Å². The summed E-state index contributed by atoms with van der Waals surface area (Å²) < 4.78 is 38.9. The van der Waals surface area contributed by atoms with E-state index in [4.69, 9.17) is 9.15 Å². The first-order valence-electron chi connectivity index (χ1n) is 8.19. The zero-order chi connectivity index (χ0) is 18.9. The Balaban J connectivity index is 1.72. The molecule has 3 aromatic carbocycles. The van der Waals surface area contributed by atoms with Crippen molar-refractivity contribution in [3.8, 4) is 17.2 Å². The van der Waals surface area contributed by atoms with Crippen LogP contribution in [0.15, 0.2) is 82.1 Å². The predicted molar refractivity (Wildman–Crippen MR) is 103 cm³/mol. The molecule has 0 unspecified atom stereocenters. The van der Waals surface area contributed by atoms with E-state index in [1.807, 2.05) is 30.3 Å². The SMILES string of the molecule is COc1ccc(S(=O)(=O)Nc2cccc3oc(-c4ccccc4)nc23)cc1. The summed E-state index contributed by atoms with van der Waals surface area (Å²) in [4.78, 5) is 4.61. The van der Waals surface area contributed by atoms with Gasteiger partial charge in [0, 0.05) is 5.56 Å². The Morgan fingerprint density at radius 3 is 2.37 bits per heavy atom. The molecule has 7 heteroatoms. The number of hydrogen-bond donors (Lipinski definition) is 1. The molecule has 0 aliphatic rings. The Morgan fingerprint density at radius 2 is 1.67 bits per heavy atom. The highest BCUT2D eigenvalue weighted by Crippen LogP contribution is 2.30. The second-order valence-electron chi connectivity index (χ2n) is 5.82. The summed E-state index contributed by atoms with van der Waals surface area (Å²) >= 11 is 0. The minimum absolute atomic E-state index is 0.132. The second-order valence-corrected chi connectivity index (χ2v) is 7.50. The molecule has 4 rings (SSSR count). The number of anilines is 1. The van der Waals surface area contributed by atoms with E-state index < -0.39 is 10.0 Å². The molecule has 0 bridgehead atoms. The number of nitrogens with zero attached hydrogens (tertiary/aromatic N) is 1. The van der Waals surface area contributed by atoms with Crippen LogP contribution in [0.3, 0.4) is 0 Å². The first-order valence-corrected chi connectivity index (χ1v) is 9.67. The smallest absolute Gasteiger partial charge is 0.261 e. The lowest BCUT2D eigenvalue weighted by molar-refractivity contribution is 0.414. The Morgan fingerprint density at radius 1 is 0.926 bits per heavy atom. The number of nitrogens with one attached hydrogen (secondary N) is 1. The Labute approximate surface area is 156 Å². The second kappa shape index (κ2) is 6.77. The summed E-state index contributed by atoms with van der Waals surface area (Å²) in [6.07, 6.45) is 0. The lowest BCUT2D eigenvalue weighted by atomic mass is 10.2. The number of para-hydroxylation sites is 1. The van der Waals surface area contributed by atoms with Gasteiger partial charge in [-0.1, -0.05) is 24.3 Å². The van der Waals surface area contributed by atoms with Crippen LogP contribution in [-0.4, -0.2) is 20.5 Å². The van der Waals surface area contributed by atoms with E-state index >= 15 is 0 Å². The first-order chi connectivity index (χ1) is 13.1. The molecule has 0 aliphatic carbocycles. The number of methoxy groups -OCH3 is 1. The number of oxazole rings is 1. The van der Waals surface area contributed by atoms with Crippen LogP contribution in [0.5, 0.6) is 5.75 Å². The molecule has 6 nitrogen and oxygen atoms in total. The summed E-state index contributed by atoms with van der Waals surface area (Å²) in [5.41, 5.74) is 2.13. The molecule has 0 saturated heterocycles. The molecule has 4 aromatic rings. The van der Waals surface area contributed by atoms with Gasteiger partial charge in [-0.25, -0.2) is 13.4 Å². The van der Waals surface area contributed by atoms with Crippen LogP contribution in [0.2, 0.25) is 0 Å². The molecule has 0 fully saturated rings. The molecule has 1 aromatic heterocycles. The van der Waals surface area contributed by atoms with E-state index in [0.29, 0.717) is 28.4 Å². The highest BCUT2D eigenvalue weighted by atomic mass is 32.2. The number of fused-ring (bicyclic) bond motifs is 1. The number of benzene rings is 3. The maximum Gasteiger partial charge on any atom is 0.261 e. The van der Waals surface area contributed by atoms with Crippen LogP contribution in [0.25, 0.3) is 22.6 Å². The fourth-order valence-corrected chi connectivity index (χ4v) is 3.76. The van der Waals surface area contributed by atoms with Crippen molar-refractivity contribution in [2.24, 2.45) is 0 Å². The maximum atomic E-state index is 12.7. The lowest BCUT2D eigenvalue weighted by Gasteiger charge is -2.08. The monoisotopic (exact) mass is 380 g/mol. The largest absolute Gasteiger partial charge is 0.497 e. The van der Waals surface area contributed by atoms with E-state index in [2.05, 4.69) is 9.71 Å². The number of aromatic nitrogens is 1. The van der Waals surface area contributed by atoms with Crippen molar-refractivity contribution in [1.29, 1.82) is 0 Å². The van der Waals surface area contributed by atoms with Gasteiger partial charge in [-0.15, -0.1) is 0 Å². The van der Waals surface area contributed by atoms with Gasteiger partial charge >= 0.3 is 0 Å². The lowest BCUT2D eigenvalue weighted by Crippen LogP contribution is -2.13. The minimum atomic E-state index is -3.77. The summed E-state index contributed by atoms with van der Waals surface area (Å²) in [7, 11) is -2.25. The zero-order valence-corrected chi connectivity index (χ0v) is 15.2. The van der Waals surface area contributed by atoms with Crippen molar-refractivity contribution < 1.29 is 17.6 Å². The van der Waals surface area contributed by atoms with Crippen molar-refractivity contribution in [3.63, 3.8) is 0 Å². The quantitative estimate of drug-likeness (QED) is 0.558. The van der Waals surface area contributed by atoms with E-state index in [1.54, 1.807) is 30.3 Å². The molecule has 0 radical (unpaired) electrons. The van der Waals surface area contributed by atoms with Crippen molar-refractivity contribution in [2.75, 3.05) is 11.8 Å². The van der Waals surface area contributed by atoms with Crippen LogP contribution in [0.4, 0.5) is 5.69 Å². The summed E-state index contributed by atoms with van der Waals surface area (Å²) in [5, 5.41) is 0. The number of ether oxygens (including phenoxy) is 1. The van der Waals surface area contributed by atoms with Crippen molar-refractivity contribution in [1.82, 2.24) is 4.98 Å². The number of sulfonamides is 1. The van der Waals surface area contributed by atoms with Crippen molar-refractivity contribution in [2.45, 2.75) is 4.90 Å². The third-order valence-corrected chi connectivity index (χ3v) is 5.44. The van der Waals surface area contributed by atoms with Crippen LogP contribution in [0.1, 0.15) is 0 Å². The van der Waals surface area contributed by atoms with Gasteiger partial charge in [0.25, 0.3) is 10.0 Å². The van der Waals surface area contributed by atoms with Crippen LogP contribution < -0.4 is 9.46 Å². The Hall–Kier alpha value is -3.32. The molecule has 1 heterocycles. The minimum Gasteiger partial charge on any atom is -0.497 e. The normalized spacial score (nSPS) is 11.4. The van der Waals surface area contributed by atoms with Crippen molar-refractivity contribution >= 4 is 26.8 Å². The molecular formula is C20H16N2O4S. The van der Waals surface area contributed by atoms with Gasteiger partial charge in [0.15, 0.2) is 5.58 Å². The maximum absolute atomic E-state index is 12.7. The van der Waals surface area contributed by atoms with Gasteiger partial charge in [-0.05, 0) is 48.5 Å². The van der Waals surface area contributed by atoms with Gasteiger partial charge in [0.1, 0.15) is 11.3 Å². The summed E-state index contributed by atoms with van der Waals surface area (Å²) in [5.74, 6) is 1.02. The fraction of sp³-hybridized carbons (Fsp3) is 0.0500. The highest BCUT2D eigenvalue weighted by Gasteiger charge is 2.18. The molecule has 0 saturated carbocycles. The average Bonchev–Trinajstić information content (AvgIpc) is 3.14. The molecule has 0 spiro atoms. The number of hydrogen-bond acceptors (Lipinski definition) is 5. The van der Waals surface area contributed by atoms with Crippen molar-refractivity contribution in [3.05, 3.63) is 72.8 Å². The third kappa shape index (κ3) is 3.37. The van der Waals surface area contributed by atoms with E-state index in [1.165, 1.54) is 19.2 Å². The van der Waals surface area contributed by atoms with Gasteiger partial charge in [-0.3, -0.25) is 4.72 Å². The van der Waals surface area contributed by atoms with E-state index in [9.17, 15) is 8.42 Å². The van der Waals surface area contributed by atoms with Gasteiger partial charge in [-0.2, -0.15) is 0 Å². The topological polar surface area (TPSA) is 81.4 Å². The molecule has 0 amide bonds. The molecule has 27 heavy (non-hydrogen) atoms. The zero-order valence-electron chi connectivity index (χ0n) is 14.4. The molecule has 0 atom stereocenters. The summed E-state index contributed by atoms with van der Waals surface area (Å²) in [6.45, 7) is 0. The van der Waals surface area contributed by atoms with Crippen LogP contribution in [0, 0.1) is 0 Å². The number of rotatable bonds is 5. The standard InChI is InChI=1S/C20H16N2O4S/c1-25-15-10-12-16(13-11-15)27(23,24)22-17-8-5-9-18-19(17)21-20(26-18)14-6-3-2-4-7-14/h2-13,22H,1H3. The van der Waals surface area contributed by atoms with E-state index in [-0.39, 0.29) is 4.90 Å². The highest BCUT2D eigenvalue weighted by molar-refractivity contribution is 7.92. The predicted octanol–water partition coefficient (Wildman–Crippen LogP) is 4.30. The van der Waals surface area contributed by atoms with E-state index in [0.717, 1.165) is 5.56 Å². The average molecular weight is 380 g/mol. The van der Waals surface area contributed by atoms with Gasteiger partial charge in [0.05, 0.1) is 17.7 Å². The molecule has 0 aliphatic heterocycles. The third-order valence-electron chi connectivity index (χ3n) is 4.05. The molecular weight excluding hydrogens is 364 g/mol. The fourth-order valence-electron chi connectivity index (χ4n) is 2.69. The molecule has 136 valence electrons. The van der Waals surface area contributed by atoms with Gasteiger partial charge < -0.3 is 9.15 Å². The van der Waals surface area contributed by atoms with Gasteiger partial charge in [0.2, 0.25) is 5.89 Å². The first kappa shape index (κ1) is 17.1. The Bertz CT molecular complexity index is 1180. The van der Waals surface area contributed by atoms with Crippen LogP contribution in [-0.2, 0) is 10.0 Å². The molecule has 1 N–H and O–H groups in total.